The standard InChI is InChI=1S/C13H21NO/c1-10-5-4-6-13(7-10)9-14-11(2)8-12(3)15/h4-7,11-12,14-15H,8-9H2,1-3H3. The van der Waals surface area contributed by atoms with Crippen molar-refractivity contribution in [3.05, 3.63) is 35.4 Å². The van der Waals surface area contributed by atoms with Gasteiger partial charge in [0.15, 0.2) is 0 Å². The van der Waals surface area contributed by atoms with Crippen LogP contribution in [0.3, 0.4) is 0 Å². The highest BCUT2D eigenvalue weighted by atomic mass is 16.3. The summed E-state index contributed by atoms with van der Waals surface area (Å²) in [5, 5.41) is 12.6. The van der Waals surface area contributed by atoms with E-state index in [-0.39, 0.29) is 6.10 Å². The van der Waals surface area contributed by atoms with Gasteiger partial charge in [0.05, 0.1) is 6.10 Å². The Morgan fingerprint density at radius 1 is 1.33 bits per heavy atom. The van der Waals surface area contributed by atoms with E-state index < -0.39 is 0 Å². The minimum Gasteiger partial charge on any atom is -0.393 e. The number of aryl methyl sites for hydroxylation is 1. The summed E-state index contributed by atoms with van der Waals surface area (Å²) in [6, 6.07) is 8.83. The van der Waals surface area contributed by atoms with Gasteiger partial charge < -0.3 is 10.4 Å². The number of rotatable bonds is 5. The van der Waals surface area contributed by atoms with E-state index in [1.54, 1.807) is 0 Å². The highest BCUT2D eigenvalue weighted by Gasteiger charge is 2.04. The SMILES string of the molecule is Cc1cccc(CNC(C)CC(C)O)c1. The van der Waals surface area contributed by atoms with E-state index in [4.69, 9.17) is 0 Å². The maximum atomic E-state index is 9.22. The number of nitrogens with one attached hydrogen (secondary N) is 1. The zero-order valence-corrected chi connectivity index (χ0v) is 9.83. The van der Waals surface area contributed by atoms with Crippen molar-refractivity contribution >= 4 is 0 Å². The first-order chi connectivity index (χ1) is 7.08. The molecule has 0 fully saturated rings. The van der Waals surface area contributed by atoms with Crippen molar-refractivity contribution in [2.75, 3.05) is 0 Å². The molecule has 1 rings (SSSR count). The van der Waals surface area contributed by atoms with Gasteiger partial charge in [0.25, 0.3) is 0 Å². The molecular formula is C13H21NO. The second-order valence-electron chi connectivity index (χ2n) is 4.36. The highest BCUT2D eigenvalue weighted by molar-refractivity contribution is 5.21. The topological polar surface area (TPSA) is 32.3 Å². The lowest BCUT2D eigenvalue weighted by Gasteiger charge is -2.15. The molecule has 1 aromatic rings. The molecule has 15 heavy (non-hydrogen) atoms. The van der Waals surface area contributed by atoms with Crippen LogP contribution in [0, 0.1) is 6.92 Å². The average Bonchev–Trinajstić information content (AvgIpc) is 2.14. The summed E-state index contributed by atoms with van der Waals surface area (Å²) in [4.78, 5) is 0. The number of benzene rings is 1. The summed E-state index contributed by atoms with van der Waals surface area (Å²) in [6.07, 6.45) is 0.566. The van der Waals surface area contributed by atoms with Crippen LogP contribution in [0.5, 0.6) is 0 Å². The molecule has 2 atom stereocenters. The molecule has 2 nitrogen and oxygen atoms in total. The summed E-state index contributed by atoms with van der Waals surface area (Å²) < 4.78 is 0. The molecule has 0 amide bonds. The fourth-order valence-electron chi connectivity index (χ4n) is 1.71. The number of aliphatic hydroxyl groups excluding tert-OH is 1. The largest absolute Gasteiger partial charge is 0.393 e. The molecule has 0 spiro atoms. The molecule has 0 heterocycles. The van der Waals surface area contributed by atoms with Crippen molar-refractivity contribution in [2.45, 2.75) is 45.9 Å². The average molecular weight is 207 g/mol. The minimum atomic E-state index is -0.231. The zero-order valence-electron chi connectivity index (χ0n) is 9.83. The molecule has 0 saturated carbocycles. The lowest BCUT2D eigenvalue weighted by Crippen LogP contribution is -2.28. The first-order valence-corrected chi connectivity index (χ1v) is 5.55. The van der Waals surface area contributed by atoms with Gasteiger partial charge in [-0.15, -0.1) is 0 Å². The van der Waals surface area contributed by atoms with Crippen LogP contribution in [0.4, 0.5) is 0 Å². The van der Waals surface area contributed by atoms with E-state index in [0.717, 1.165) is 13.0 Å². The summed E-state index contributed by atoms with van der Waals surface area (Å²) >= 11 is 0. The molecule has 0 aliphatic carbocycles. The monoisotopic (exact) mass is 207 g/mol. The molecule has 2 unspecified atom stereocenters. The van der Waals surface area contributed by atoms with Crippen molar-refractivity contribution in [1.82, 2.24) is 5.32 Å². The van der Waals surface area contributed by atoms with Gasteiger partial charge in [-0.1, -0.05) is 29.8 Å². The van der Waals surface area contributed by atoms with Crippen molar-refractivity contribution in [2.24, 2.45) is 0 Å². The molecule has 0 aromatic heterocycles. The van der Waals surface area contributed by atoms with E-state index >= 15 is 0 Å². The van der Waals surface area contributed by atoms with Crippen LogP contribution >= 0.6 is 0 Å². The van der Waals surface area contributed by atoms with Crippen molar-refractivity contribution < 1.29 is 5.11 Å². The van der Waals surface area contributed by atoms with Gasteiger partial charge in [-0.05, 0) is 32.8 Å². The maximum Gasteiger partial charge on any atom is 0.0526 e. The van der Waals surface area contributed by atoms with E-state index in [1.807, 2.05) is 6.92 Å². The lowest BCUT2D eigenvalue weighted by atomic mass is 10.1. The Bertz CT molecular complexity index is 296. The number of hydrogen-bond acceptors (Lipinski definition) is 2. The molecule has 2 heteroatoms. The predicted molar refractivity (Wildman–Crippen MR) is 63.8 cm³/mol. The van der Waals surface area contributed by atoms with Gasteiger partial charge in [-0.2, -0.15) is 0 Å². The molecule has 84 valence electrons. The quantitative estimate of drug-likeness (QED) is 0.776. The smallest absolute Gasteiger partial charge is 0.0526 e. The molecule has 0 saturated heterocycles. The Labute approximate surface area is 92.3 Å². The number of hydrogen-bond donors (Lipinski definition) is 2. The van der Waals surface area contributed by atoms with Crippen LogP contribution in [-0.4, -0.2) is 17.3 Å². The van der Waals surface area contributed by atoms with Crippen molar-refractivity contribution in [3.63, 3.8) is 0 Å². The highest BCUT2D eigenvalue weighted by Crippen LogP contribution is 2.04. The molecule has 0 aliphatic heterocycles. The fraction of sp³-hybridized carbons (Fsp3) is 0.538. The first kappa shape index (κ1) is 12.2. The Kier molecular flexibility index (Phi) is 4.79. The molecule has 0 aliphatic rings. The number of aliphatic hydroxyl groups is 1. The molecular weight excluding hydrogens is 186 g/mol. The van der Waals surface area contributed by atoms with E-state index in [2.05, 4.69) is 43.4 Å². The summed E-state index contributed by atoms with van der Waals surface area (Å²) in [5.74, 6) is 0. The van der Waals surface area contributed by atoms with E-state index in [9.17, 15) is 5.11 Å². The van der Waals surface area contributed by atoms with Gasteiger partial charge in [-0.3, -0.25) is 0 Å². The molecule has 0 radical (unpaired) electrons. The lowest BCUT2D eigenvalue weighted by molar-refractivity contribution is 0.170. The molecule has 0 bridgehead atoms. The van der Waals surface area contributed by atoms with Crippen molar-refractivity contribution in [3.8, 4) is 0 Å². The minimum absolute atomic E-state index is 0.231. The Morgan fingerprint density at radius 2 is 2.07 bits per heavy atom. The third kappa shape index (κ3) is 4.96. The third-order valence-corrected chi connectivity index (χ3v) is 2.43. The van der Waals surface area contributed by atoms with Gasteiger partial charge in [0, 0.05) is 12.6 Å². The molecule has 1 aromatic carbocycles. The Hall–Kier alpha value is -0.860. The van der Waals surface area contributed by atoms with Crippen molar-refractivity contribution in [1.29, 1.82) is 0 Å². The predicted octanol–water partition coefficient (Wildman–Crippen LogP) is 2.24. The fourth-order valence-corrected chi connectivity index (χ4v) is 1.71. The van der Waals surface area contributed by atoms with Crippen LogP contribution in [0.25, 0.3) is 0 Å². The van der Waals surface area contributed by atoms with Crippen LogP contribution < -0.4 is 5.32 Å². The summed E-state index contributed by atoms with van der Waals surface area (Å²) in [7, 11) is 0. The second kappa shape index (κ2) is 5.89. The maximum absolute atomic E-state index is 9.22. The Balaban J connectivity index is 2.36. The van der Waals surface area contributed by atoms with E-state index in [0.29, 0.717) is 6.04 Å². The first-order valence-electron chi connectivity index (χ1n) is 5.55. The second-order valence-corrected chi connectivity index (χ2v) is 4.36. The third-order valence-electron chi connectivity index (χ3n) is 2.43. The summed E-state index contributed by atoms with van der Waals surface area (Å²) in [5.41, 5.74) is 2.59. The van der Waals surface area contributed by atoms with Gasteiger partial charge in [0.1, 0.15) is 0 Å². The zero-order chi connectivity index (χ0) is 11.3. The molecule has 2 N–H and O–H groups in total. The van der Waals surface area contributed by atoms with Gasteiger partial charge >= 0.3 is 0 Å². The van der Waals surface area contributed by atoms with Crippen LogP contribution in [0.1, 0.15) is 31.4 Å². The van der Waals surface area contributed by atoms with Crippen LogP contribution in [0.2, 0.25) is 0 Å². The Morgan fingerprint density at radius 3 is 2.67 bits per heavy atom. The van der Waals surface area contributed by atoms with Gasteiger partial charge in [-0.25, -0.2) is 0 Å². The van der Waals surface area contributed by atoms with Gasteiger partial charge in [0.2, 0.25) is 0 Å². The van der Waals surface area contributed by atoms with Crippen LogP contribution in [-0.2, 0) is 6.54 Å². The summed E-state index contributed by atoms with van der Waals surface area (Å²) in [6.45, 7) is 6.89. The van der Waals surface area contributed by atoms with Crippen LogP contribution in [0.15, 0.2) is 24.3 Å². The van der Waals surface area contributed by atoms with E-state index in [1.165, 1.54) is 11.1 Å². The normalized spacial score (nSPS) is 14.9.